The summed E-state index contributed by atoms with van der Waals surface area (Å²) in [6.07, 6.45) is 2.21. The summed E-state index contributed by atoms with van der Waals surface area (Å²) in [5, 5.41) is 6.72. The van der Waals surface area contributed by atoms with Crippen LogP contribution >= 0.6 is 0 Å². The van der Waals surface area contributed by atoms with Crippen molar-refractivity contribution in [2.24, 2.45) is 4.99 Å². The predicted octanol–water partition coefficient (Wildman–Crippen LogP) is 3.67. The van der Waals surface area contributed by atoms with Crippen molar-refractivity contribution >= 4 is 17.6 Å². The molecule has 1 aliphatic rings. The minimum atomic E-state index is 0.168. The quantitative estimate of drug-likeness (QED) is 0.439. The van der Waals surface area contributed by atoms with Crippen LogP contribution in [-0.4, -0.2) is 31.5 Å². The van der Waals surface area contributed by atoms with Crippen LogP contribution in [0.3, 0.4) is 0 Å². The maximum atomic E-state index is 12.6. The summed E-state index contributed by atoms with van der Waals surface area (Å²) in [6.45, 7) is 6.39. The summed E-state index contributed by atoms with van der Waals surface area (Å²) in [4.78, 5) is 19.1. The fraction of sp³-hybridized carbons (Fsp3) is 0.391. The summed E-state index contributed by atoms with van der Waals surface area (Å²) in [7, 11) is 0. The first-order chi connectivity index (χ1) is 13.7. The number of amides is 1. The number of guanidine groups is 1. The van der Waals surface area contributed by atoms with E-state index in [1.54, 1.807) is 0 Å². The van der Waals surface area contributed by atoms with Crippen molar-refractivity contribution in [3.63, 3.8) is 0 Å². The molecule has 0 aromatic heterocycles. The van der Waals surface area contributed by atoms with Crippen LogP contribution in [0.15, 0.2) is 59.6 Å². The van der Waals surface area contributed by atoms with Crippen molar-refractivity contribution in [3.05, 3.63) is 65.7 Å². The van der Waals surface area contributed by atoms with Gasteiger partial charge in [0.05, 0.1) is 6.04 Å². The lowest BCUT2D eigenvalue weighted by Crippen LogP contribution is -2.38. The monoisotopic (exact) mass is 378 g/mol. The highest BCUT2D eigenvalue weighted by molar-refractivity contribution is 5.95. The van der Waals surface area contributed by atoms with Gasteiger partial charge in [-0.3, -0.25) is 9.79 Å². The van der Waals surface area contributed by atoms with E-state index in [1.807, 2.05) is 41.3 Å². The number of carbonyl (C=O) groups is 1. The van der Waals surface area contributed by atoms with Crippen LogP contribution < -0.4 is 15.5 Å². The van der Waals surface area contributed by atoms with Gasteiger partial charge in [0, 0.05) is 31.7 Å². The molecule has 148 valence electrons. The van der Waals surface area contributed by atoms with Crippen molar-refractivity contribution in [3.8, 4) is 0 Å². The molecule has 2 aromatic carbocycles. The van der Waals surface area contributed by atoms with Gasteiger partial charge in [-0.05, 0) is 43.9 Å². The molecular formula is C23H30N4O. The van der Waals surface area contributed by atoms with Gasteiger partial charge in [0.15, 0.2) is 5.96 Å². The normalized spacial score (nSPS) is 14.5. The van der Waals surface area contributed by atoms with E-state index in [-0.39, 0.29) is 11.9 Å². The molecule has 0 saturated heterocycles. The Bertz CT molecular complexity index is 803. The van der Waals surface area contributed by atoms with Gasteiger partial charge >= 0.3 is 0 Å². The molecular weight excluding hydrogens is 348 g/mol. The number of nitrogens with zero attached hydrogens (tertiary/aromatic N) is 2. The van der Waals surface area contributed by atoms with E-state index in [0.717, 1.165) is 37.6 Å². The molecule has 1 unspecified atom stereocenters. The number of carbonyl (C=O) groups excluding carboxylic acids is 1. The summed E-state index contributed by atoms with van der Waals surface area (Å²) in [6, 6.07) is 18.7. The van der Waals surface area contributed by atoms with Crippen molar-refractivity contribution in [2.45, 2.75) is 39.2 Å². The second kappa shape index (κ2) is 9.93. The summed E-state index contributed by atoms with van der Waals surface area (Å²) >= 11 is 0. The van der Waals surface area contributed by atoms with Gasteiger partial charge in [0.1, 0.15) is 0 Å². The first kappa shape index (κ1) is 19.9. The molecule has 0 saturated carbocycles. The fourth-order valence-corrected chi connectivity index (χ4v) is 3.50. The van der Waals surface area contributed by atoms with Crippen molar-refractivity contribution in [2.75, 3.05) is 24.5 Å². The highest BCUT2D eigenvalue weighted by Gasteiger charge is 2.23. The first-order valence-corrected chi connectivity index (χ1v) is 10.2. The number of nitrogens with one attached hydrogen (secondary N) is 2. The first-order valence-electron chi connectivity index (χ1n) is 10.2. The highest BCUT2D eigenvalue weighted by Crippen LogP contribution is 2.28. The molecule has 1 heterocycles. The maximum Gasteiger partial charge on any atom is 0.227 e. The number of anilines is 1. The fourth-order valence-electron chi connectivity index (χ4n) is 3.50. The molecule has 2 aromatic rings. The van der Waals surface area contributed by atoms with Gasteiger partial charge in [-0.25, -0.2) is 0 Å². The van der Waals surface area contributed by atoms with Crippen LogP contribution in [0.4, 0.5) is 5.69 Å². The molecule has 0 aliphatic carbocycles. The van der Waals surface area contributed by atoms with Gasteiger partial charge < -0.3 is 15.5 Å². The summed E-state index contributed by atoms with van der Waals surface area (Å²) < 4.78 is 0. The Morgan fingerprint density at radius 1 is 1.14 bits per heavy atom. The lowest BCUT2D eigenvalue weighted by Gasteiger charge is -2.18. The Labute approximate surface area is 167 Å². The molecule has 1 aliphatic heterocycles. The topological polar surface area (TPSA) is 56.7 Å². The number of rotatable bonds is 7. The molecule has 2 N–H and O–H groups in total. The maximum absolute atomic E-state index is 12.6. The Morgan fingerprint density at radius 2 is 1.89 bits per heavy atom. The molecule has 0 bridgehead atoms. The van der Waals surface area contributed by atoms with E-state index in [1.165, 1.54) is 11.1 Å². The van der Waals surface area contributed by atoms with E-state index < -0.39 is 0 Å². The largest absolute Gasteiger partial charge is 0.357 e. The van der Waals surface area contributed by atoms with E-state index in [2.05, 4.69) is 47.7 Å². The molecule has 1 atom stereocenters. The second-order valence-corrected chi connectivity index (χ2v) is 7.07. The average molecular weight is 379 g/mol. The van der Waals surface area contributed by atoms with Gasteiger partial charge in [-0.15, -0.1) is 0 Å². The minimum Gasteiger partial charge on any atom is -0.357 e. The van der Waals surface area contributed by atoms with E-state index in [4.69, 9.17) is 0 Å². The number of benzene rings is 2. The third-order valence-electron chi connectivity index (χ3n) is 5.00. The van der Waals surface area contributed by atoms with Crippen LogP contribution in [0.2, 0.25) is 0 Å². The molecule has 5 nitrogen and oxygen atoms in total. The van der Waals surface area contributed by atoms with Crippen LogP contribution in [-0.2, 0) is 11.2 Å². The number of hydrogen-bond acceptors (Lipinski definition) is 2. The van der Waals surface area contributed by atoms with Gasteiger partial charge in [-0.2, -0.15) is 0 Å². The van der Waals surface area contributed by atoms with E-state index in [9.17, 15) is 4.79 Å². The van der Waals surface area contributed by atoms with Crippen molar-refractivity contribution in [1.82, 2.24) is 10.6 Å². The average Bonchev–Trinajstić information content (AvgIpc) is 3.16. The van der Waals surface area contributed by atoms with Crippen LogP contribution in [0.25, 0.3) is 0 Å². The van der Waals surface area contributed by atoms with Crippen LogP contribution in [0.5, 0.6) is 0 Å². The lowest BCUT2D eigenvalue weighted by molar-refractivity contribution is -0.118. The van der Waals surface area contributed by atoms with Crippen molar-refractivity contribution < 1.29 is 4.79 Å². The lowest BCUT2D eigenvalue weighted by atomic mass is 10.1. The Kier molecular flexibility index (Phi) is 7.06. The Balaban J connectivity index is 1.49. The summed E-state index contributed by atoms with van der Waals surface area (Å²) in [5.74, 6) is 0.980. The van der Waals surface area contributed by atoms with E-state index in [0.29, 0.717) is 13.0 Å². The zero-order chi connectivity index (χ0) is 19.8. The molecule has 5 heteroatoms. The number of para-hydroxylation sites is 1. The number of aliphatic imine (C=N–C) groups is 1. The third kappa shape index (κ3) is 5.12. The van der Waals surface area contributed by atoms with Crippen LogP contribution in [0.1, 0.15) is 43.9 Å². The molecule has 3 rings (SSSR count). The van der Waals surface area contributed by atoms with E-state index >= 15 is 0 Å². The molecule has 28 heavy (non-hydrogen) atoms. The Morgan fingerprint density at radius 3 is 2.68 bits per heavy atom. The third-order valence-corrected chi connectivity index (χ3v) is 5.00. The standard InChI is InChI=1S/C23H30N4O/c1-3-24-23(26-18(2)19-10-5-4-6-11-19)25-16-9-14-22(28)27-17-15-20-12-7-8-13-21(20)27/h4-8,10-13,18H,3,9,14-17H2,1-2H3,(H2,24,25,26). The van der Waals surface area contributed by atoms with Crippen molar-refractivity contribution in [1.29, 1.82) is 0 Å². The van der Waals surface area contributed by atoms with Gasteiger partial charge in [-0.1, -0.05) is 48.5 Å². The molecule has 0 fully saturated rings. The molecule has 0 spiro atoms. The number of fused-ring (bicyclic) bond motifs is 1. The zero-order valence-electron chi connectivity index (χ0n) is 16.8. The number of hydrogen-bond donors (Lipinski definition) is 2. The molecule has 0 radical (unpaired) electrons. The minimum absolute atomic E-state index is 0.168. The highest BCUT2D eigenvalue weighted by atomic mass is 16.2. The Hall–Kier alpha value is -2.82. The van der Waals surface area contributed by atoms with Gasteiger partial charge in [0.2, 0.25) is 5.91 Å². The predicted molar refractivity (Wildman–Crippen MR) is 116 cm³/mol. The molecule has 1 amide bonds. The SMILES string of the molecule is CCNC(=NCCCC(=O)N1CCc2ccccc21)NC(C)c1ccccc1. The summed E-state index contributed by atoms with van der Waals surface area (Å²) in [5.41, 5.74) is 3.56. The van der Waals surface area contributed by atoms with Gasteiger partial charge in [0.25, 0.3) is 0 Å². The zero-order valence-corrected chi connectivity index (χ0v) is 16.8. The van der Waals surface area contributed by atoms with Crippen LogP contribution in [0, 0.1) is 0 Å². The second-order valence-electron chi connectivity index (χ2n) is 7.07. The smallest absolute Gasteiger partial charge is 0.227 e.